The van der Waals surface area contributed by atoms with E-state index < -0.39 is 34.5 Å². The van der Waals surface area contributed by atoms with Crippen molar-refractivity contribution in [3.8, 4) is 11.3 Å². The van der Waals surface area contributed by atoms with E-state index in [4.69, 9.17) is 4.42 Å². The van der Waals surface area contributed by atoms with Gasteiger partial charge in [0.2, 0.25) is 21.8 Å². The van der Waals surface area contributed by atoms with Crippen molar-refractivity contribution < 1.29 is 32.3 Å². The van der Waals surface area contributed by atoms with Crippen LogP contribution in [0.4, 0.5) is 0 Å². The number of piperidine rings is 2. The minimum Gasteiger partial charge on any atom is -0.480 e. The van der Waals surface area contributed by atoms with Gasteiger partial charge in [-0.05, 0) is 126 Å². The predicted molar refractivity (Wildman–Crippen MR) is 165 cm³/mol. The molecular weight excluding hydrogens is 586 g/mol. The van der Waals surface area contributed by atoms with Crippen LogP contribution in [-0.4, -0.2) is 76.6 Å². The summed E-state index contributed by atoms with van der Waals surface area (Å²) < 4.78 is 33.2. The number of carboxylic acids is 1. The van der Waals surface area contributed by atoms with Gasteiger partial charge in [-0.15, -0.1) is 0 Å². The number of nitrogens with one attached hydrogen (secondary N) is 5. The normalized spacial score (nSPS) is 17.3. The molecule has 3 heterocycles. The molecule has 1 aromatic heterocycles. The zero-order chi connectivity index (χ0) is 31.4. The first-order valence-electron chi connectivity index (χ1n) is 15.6. The molecule has 44 heavy (non-hydrogen) atoms. The van der Waals surface area contributed by atoms with Gasteiger partial charge < -0.3 is 30.8 Å². The van der Waals surface area contributed by atoms with Crippen molar-refractivity contribution in [3.63, 3.8) is 0 Å². The van der Waals surface area contributed by atoms with Crippen LogP contribution in [0.1, 0.15) is 51.4 Å². The van der Waals surface area contributed by atoms with Crippen molar-refractivity contribution in [2.24, 2.45) is 17.8 Å². The molecule has 1 unspecified atom stereocenters. The molecule has 2 fully saturated rings. The fraction of sp³-hybridized carbons (Fsp3) is 0.581. The summed E-state index contributed by atoms with van der Waals surface area (Å²) in [5.41, 5.74) is 0.665. The Morgan fingerprint density at radius 1 is 0.886 bits per heavy atom. The number of hydrogen-bond acceptors (Lipinski definition) is 8. The van der Waals surface area contributed by atoms with Crippen LogP contribution >= 0.6 is 0 Å². The number of rotatable bonds is 16. The Morgan fingerprint density at radius 2 is 1.48 bits per heavy atom. The maximum Gasteiger partial charge on any atom is 0.323 e. The van der Waals surface area contributed by atoms with Gasteiger partial charge in [0.15, 0.2) is 0 Å². The molecule has 242 valence electrons. The van der Waals surface area contributed by atoms with Gasteiger partial charge in [-0.3, -0.25) is 14.4 Å². The topological polar surface area (TPSA) is 179 Å². The Labute approximate surface area is 259 Å². The highest BCUT2D eigenvalue weighted by atomic mass is 32.2. The third-order valence-corrected chi connectivity index (χ3v) is 10.1. The molecule has 0 aliphatic carbocycles. The van der Waals surface area contributed by atoms with E-state index >= 15 is 0 Å². The molecule has 0 spiro atoms. The molecule has 2 aliphatic heterocycles. The standard InChI is InChI=1S/C31H45N5O7S/c37-29(21-35-30(38)25(5-3-22-11-15-32-16-12-22)6-4-23-13-17-33-18-14-23)34-20-27(31(39)40)36-44(41,42)26-9-7-24(8-10-26)28-2-1-19-43-28/h1-2,7-10,19,22-23,25,27,32-33,36H,3-6,11-18,20-21H2,(H,34,37)(H,35,38)(H,39,40). The van der Waals surface area contributed by atoms with E-state index in [0.717, 1.165) is 77.5 Å². The smallest absolute Gasteiger partial charge is 0.323 e. The number of carbonyl (C=O) groups excluding carboxylic acids is 2. The third kappa shape index (κ3) is 10.4. The fourth-order valence-electron chi connectivity index (χ4n) is 5.89. The Morgan fingerprint density at radius 3 is 2.00 bits per heavy atom. The minimum absolute atomic E-state index is 0.127. The van der Waals surface area contributed by atoms with Crippen LogP contribution in [0.15, 0.2) is 52.0 Å². The molecule has 1 aromatic carbocycles. The summed E-state index contributed by atoms with van der Waals surface area (Å²) in [6.45, 7) is 3.21. The van der Waals surface area contributed by atoms with E-state index in [9.17, 15) is 27.9 Å². The molecular formula is C31H45N5O7S. The van der Waals surface area contributed by atoms with Crippen LogP contribution in [-0.2, 0) is 24.4 Å². The summed E-state index contributed by atoms with van der Waals surface area (Å²) in [6.07, 6.45) is 9.43. The monoisotopic (exact) mass is 631 g/mol. The van der Waals surface area contributed by atoms with Gasteiger partial charge in [0, 0.05) is 18.0 Å². The molecule has 6 N–H and O–H groups in total. The highest BCUT2D eigenvalue weighted by molar-refractivity contribution is 7.89. The number of aliphatic carboxylic acids is 1. The highest BCUT2D eigenvalue weighted by Gasteiger charge is 2.27. The number of carbonyl (C=O) groups is 3. The third-order valence-electron chi connectivity index (χ3n) is 8.63. The number of benzene rings is 1. The average Bonchev–Trinajstić information content (AvgIpc) is 3.58. The molecule has 13 heteroatoms. The van der Waals surface area contributed by atoms with Gasteiger partial charge in [-0.1, -0.05) is 0 Å². The maximum absolute atomic E-state index is 13.2. The van der Waals surface area contributed by atoms with Crippen molar-refractivity contribution in [2.45, 2.75) is 62.3 Å². The first kappa shape index (κ1) is 33.6. The predicted octanol–water partition coefficient (Wildman–Crippen LogP) is 2.09. The minimum atomic E-state index is -4.20. The largest absolute Gasteiger partial charge is 0.480 e. The molecule has 2 aliphatic rings. The summed E-state index contributed by atoms with van der Waals surface area (Å²) in [5, 5.41) is 21.5. The average molecular weight is 632 g/mol. The molecule has 12 nitrogen and oxygen atoms in total. The SMILES string of the molecule is O=C(CNC(=O)C(CCC1CCNCC1)CCC1CCNCC1)NCC(NS(=O)(=O)c1ccc(-c2ccco2)cc1)C(=O)O. The highest BCUT2D eigenvalue weighted by Crippen LogP contribution is 2.27. The van der Waals surface area contributed by atoms with Gasteiger partial charge in [0.1, 0.15) is 11.8 Å². The zero-order valence-electron chi connectivity index (χ0n) is 25.1. The molecule has 2 aromatic rings. The van der Waals surface area contributed by atoms with Crippen molar-refractivity contribution >= 4 is 27.8 Å². The quantitative estimate of drug-likeness (QED) is 0.162. The molecule has 1 atom stereocenters. The van der Waals surface area contributed by atoms with Gasteiger partial charge in [-0.25, -0.2) is 8.42 Å². The summed E-state index contributed by atoms with van der Waals surface area (Å²) in [5.74, 6) is -0.640. The van der Waals surface area contributed by atoms with Crippen LogP contribution in [0, 0.1) is 17.8 Å². The van der Waals surface area contributed by atoms with E-state index in [2.05, 4.69) is 26.0 Å². The lowest BCUT2D eigenvalue weighted by atomic mass is 9.84. The van der Waals surface area contributed by atoms with E-state index in [1.165, 1.54) is 18.4 Å². The van der Waals surface area contributed by atoms with E-state index in [1.54, 1.807) is 24.3 Å². The zero-order valence-corrected chi connectivity index (χ0v) is 25.9. The van der Waals surface area contributed by atoms with Gasteiger partial charge in [0.05, 0.1) is 17.7 Å². The lowest BCUT2D eigenvalue weighted by molar-refractivity contribution is -0.139. The number of carboxylic acid groups (broad SMARTS) is 1. The van der Waals surface area contributed by atoms with Crippen molar-refractivity contribution in [2.75, 3.05) is 39.3 Å². The van der Waals surface area contributed by atoms with Crippen LogP contribution in [0.3, 0.4) is 0 Å². The second-order valence-electron chi connectivity index (χ2n) is 11.8. The Kier molecular flexibility index (Phi) is 12.8. The number of furan rings is 1. The number of amides is 2. The molecule has 2 saturated heterocycles. The number of sulfonamides is 1. The van der Waals surface area contributed by atoms with Crippen LogP contribution in [0.2, 0.25) is 0 Å². The van der Waals surface area contributed by atoms with Gasteiger partial charge in [-0.2, -0.15) is 4.72 Å². The van der Waals surface area contributed by atoms with Crippen molar-refractivity contribution in [1.82, 2.24) is 26.0 Å². The summed E-state index contributed by atoms with van der Waals surface area (Å²) in [6, 6.07) is 7.65. The van der Waals surface area contributed by atoms with Gasteiger partial charge in [0.25, 0.3) is 0 Å². The molecule has 0 saturated carbocycles. The van der Waals surface area contributed by atoms with Crippen LogP contribution in [0.5, 0.6) is 0 Å². The molecule has 0 radical (unpaired) electrons. The van der Waals surface area contributed by atoms with Crippen molar-refractivity contribution in [1.29, 1.82) is 0 Å². The molecule has 2 amide bonds. The molecule has 0 bridgehead atoms. The van der Waals surface area contributed by atoms with Crippen molar-refractivity contribution in [3.05, 3.63) is 42.7 Å². The number of hydrogen-bond donors (Lipinski definition) is 6. The van der Waals surface area contributed by atoms with E-state index in [0.29, 0.717) is 23.2 Å². The van der Waals surface area contributed by atoms with Crippen LogP contribution < -0.4 is 26.0 Å². The first-order valence-corrected chi connectivity index (χ1v) is 17.0. The lowest BCUT2D eigenvalue weighted by Crippen LogP contribution is -2.50. The Bertz CT molecular complexity index is 1280. The fourth-order valence-corrected chi connectivity index (χ4v) is 7.08. The summed E-state index contributed by atoms with van der Waals surface area (Å²) >= 11 is 0. The Hall–Kier alpha value is -3.26. The first-order chi connectivity index (χ1) is 21.2. The summed E-state index contributed by atoms with van der Waals surface area (Å²) in [4.78, 5) is 37.4. The Balaban J connectivity index is 1.26. The second-order valence-corrected chi connectivity index (χ2v) is 13.5. The van der Waals surface area contributed by atoms with Gasteiger partial charge >= 0.3 is 5.97 Å². The van der Waals surface area contributed by atoms with E-state index in [1.807, 2.05) is 0 Å². The lowest BCUT2D eigenvalue weighted by Gasteiger charge is -2.27. The molecule has 4 rings (SSSR count). The second kappa shape index (κ2) is 16.7. The van der Waals surface area contributed by atoms with Crippen LogP contribution in [0.25, 0.3) is 11.3 Å². The van der Waals surface area contributed by atoms with E-state index in [-0.39, 0.29) is 23.3 Å². The summed E-state index contributed by atoms with van der Waals surface area (Å²) in [7, 11) is -4.20. The maximum atomic E-state index is 13.2.